The quantitative estimate of drug-likeness (QED) is 0.695. The minimum atomic E-state index is 0.235. The predicted octanol–water partition coefficient (Wildman–Crippen LogP) is 5.02. The summed E-state index contributed by atoms with van der Waals surface area (Å²) < 4.78 is 11.6. The van der Waals surface area contributed by atoms with Crippen molar-refractivity contribution in [1.82, 2.24) is 5.32 Å². The minimum Gasteiger partial charge on any atom is -0.488 e. The van der Waals surface area contributed by atoms with Gasteiger partial charge in [-0.15, -0.1) is 0 Å². The van der Waals surface area contributed by atoms with Crippen LogP contribution in [-0.4, -0.2) is 24.2 Å². The van der Waals surface area contributed by atoms with E-state index in [1.807, 2.05) is 30.3 Å². The van der Waals surface area contributed by atoms with Crippen LogP contribution in [0, 0.1) is 0 Å². The van der Waals surface area contributed by atoms with Gasteiger partial charge < -0.3 is 14.8 Å². The average Bonchev–Trinajstić information content (AvgIpc) is 3.13. The van der Waals surface area contributed by atoms with E-state index in [0.29, 0.717) is 21.6 Å². The standard InChI is InChI=1S/C19H19Cl2NO2S/c20-14-8-7-13(17(21)10-14)12-24-18-6-2-1-5-16(18)19(25)22-11-15-4-3-9-23-15/h1-2,5-8,10,15H,3-4,9,11-12H2,(H,22,25)/t15-/m0/s1. The molecule has 1 heterocycles. The maximum atomic E-state index is 6.20. The minimum absolute atomic E-state index is 0.235. The summed E-state index contributed by atoms with van der Waals surface area (Å²) in [5.41, 5.74) is 1.74. The highest BCUT2D eigenvalue weighted by atomic mass is 35.5. The number of hydrogen-bond donors (Lipinski definition) is 1. The van der Waals surface area contributed by atoms with Gasteiger partial charge in [0.1, 0.15) is 17.3 Å². The Morgan fingerprint density at radius 1 is 1.24 bits per heavy atom. The Balaban J connectivity index is 1.64. The van der Waals surface area contributed by atoms with Crippen molar-refractivity contribution >= 4 is 40.4 Å². The van der Waals surface area contributed by atoms with Crippen LogP contribution in [0.4, 0.5) is 0 Å². The molecule has 0 radical (unpaired) electrons. The molecule has 1 fully saturated rings. The maximum absolute atomic E-state index is 6.20. The third-order valence-corrected chi connectivity index (χ3v) is 5.00. The second-order valence-corrected chi connectivity index (χ2v) is 7.12. The normalized spacial score (nSPS) is 16.6. The molecule has 3 rings (SSSR count). The first-order valence-corrected chi connectivity index (χ1v) is 9.35. The molecule has 2 aromatic rings. The molecule has 0 aliphatic carbocycles. The summed E-state index contributed by atoms with van der Waals surface area (Å²) in [6.45, 7) is 1.90. The van der Waals surface area contributed by atoms with Gasteiger partial charge in [-0.2, -0.15) is 0 Å². The van der Waals surface area contributed by atoms with Crippen molar-refractivity contribution in [2.45, 2.75) is 25.6 Å². The molecule has 3 nitrogen and oxygen atoms in total. The highest BCUT2D eigenvalue weighted by Crippen LogP contribution is 2.24. The Labute approximate surface area is 163 Å². The van der Waals surface area contributed by atoms with Gasteiger partial charge in [0, 0.05) is 28.8 Å². The van der Waals surface area contributed by atoms with Crippen LogP contribution in [0.1, 0.15) is 24.0 Å². The number of benzene rings is 2. The topological polar surface area (TPSA) is 30.5 Å². The number of rotatable bonds is 6. The van der Waals surface area contributed by atoms with Gasteiger partial charge in [0.15, 0.2) is 0 Å². The van der Waals surface area contributed by atoms with Gasteiger partial charge in [-0.05, 0) is 37.1 Å². The molecule has 25 heavy (non-hydrogen) atoms. The van der Waals surface area contributed by atoms with Crippen LogP contribution in [0.3, 0.4) is 0 Å². The van der Waals surface area contributed by atoms with Gasteiger partial charge in [-0.25, -0.2) is 0 Å². The van der Waals surface area contributed by atoms with Crippen LogP contribution in [0.2, 0.25) is 10.0 Å². The molecular weight excluding hydrogens is 377 g/mol. The molecule has 2 aromatic carbocycles. The Hall–Kier alpha value is -1.33. The fourth-order valence-electron chi connectivity index (χ4n) is 2.68. The molecule has 0 spiro atoms. The lowest BCUT2D eigenvalue weighted by Gasteiger charge is -2.16. The lowest BCUT2D eigenvalue weighted by molar-refractivity contribution is 0.114. The fourth-order valence-corrected chi connectivity index (χ4v) is 3.40. The highest BCUT2D eigenvalue weighted by Gasteiger charge is 2.16. The number of nitrogens with one attached hydrogen (secondary N) is 1. The van der Waals surface area contributed by atoms with Crippen LogP contribution in [-0.2, 0) is 11.3 Å². The first-order chi connectivity index (χ1) is 12.1. The largest absolute Gasteiger partial charge is 0.488 e. The second-order valence-electron chi connectivity index (χ2n) is 5.87. The van der Waals surface area contributed by atoms with E-state index < -0.39 is 0 Å². The number of para-hydroxylation sites is 1. The summed E-state index contributed by atoms with van der Waals surface area (Å²) in [6, 6.07) is 13.1. The van der Waals surface area contributed by atoms with E-state index in [9.17, 15) is 0 Å². The van der Waals surface area contributed by atoms with Crippen molar-refractivity contribution in [2.75, 3.05) is 13.2 Å². The van der Waals surface area contributed by atoms with Gasteiger partial charge >= 0.3 is 0 Å². The smallest absolute Gasteiger partial charge is 0.129 e. The molecule has 0 unspecified atom stereocenters. The van der Waals surface area contributed by atoms with Crippen molar-refractivity contribution < 1.29 is 9.47 Å². The van der Waals surface area contributed by atoms with Gasteiger partial charge in [-0.1, -0.05) is 53.6 Å². The maximum Gasteiger partial charge on any atom is 0.129 e. The summed E-state index contributed by atoms with van der Waals surface area (Å²) >= 11 is 17.7. The third kappa shape index (κ3) is 5.08. The first kappa shape index (κ1) is 18.5. The third-order valence-electron chi connectivity index (χ3n) is 4.04. The molecule has 0 amide bonds. The van der Waals surface area contributed by atoms with Crippen LogP contribution in [0.25, 0.3) is 0 Å². The van der Waals surface area contributed by atoms with Crippen LogP contribution < -0.4 is 10.1 Å². The van der Waals surface area contributed by atoms with Crippen LogP contribution >= 0.6 is 35.4 Å². The summed E-state index contributed by atoms with van der Waals surface area (Å²) in [5.74, 6) is 0.721. The molecule has 1 N–H and O–H groups in total. The number of halogens is 2. The average molecular weight is 396 g/mol. The fraction of sp³-hybridized carbons (Fsp3) is 0.316. The molecule has 1 atom stereocenters. The molecule has 0 aromatic heterocycles. The van der Waals surface area contributed by atoms with Crippen molar-refractivity contribution in [2.24, 2.45) is 0 Å². The highest BCUT2D eigenvalue weighted by molar-refractivity contribution is 7.80. The molecule has 0 bridgehead atoms. The van der Waals surface area contributed by atoms with Crippen molar-refractivity contribution in [3.8, 4) is 5.75 Å². The summed E-state index contributed by atoms with van der Waals surface area (Å²) in [6.07, 6.45) is 2.42. The molecule has 1 aliphatic rings. The van der Waals surface area contributed by atoms with Crippen LogP contribution in [0.15, 0.2) is 42.5 Å². The molecule has 1 saturated heterocycles. The zero-order valence-corrected chi connectivity index (χ0v) is 16.0. The van der Waals surface area contributed by atoms with E-state index >= 15 is 0 Å². The Morgan fingerprint density at radius 3 is 2.84 bits per heavy atom. The monoisotopic (exact) mass is 395 g/mol. The van der Waals surface area contributed by atoms with Gasteiger partial charge in [0.25, 0.3) is 0 Å². The van der Waals surface area contributed by atoms with Crippen molar-refractivity contribution in [1.29, 1.82) is 0 Å². The summed E-state index contributed by atoms with van der Waals surface area (Å²) in [4.78, 5) is 0.660. The lowest BCUT2D eigenvalue weighted by atomic mass is 10.2. The van der Waals surface area contributed by atoms with E-state index in [4.69, 9.17) is 44.9 Å². The molecule has 0 saturated carbocycles. The first-order valence-electron chi connectivity index (χ1n) is 8.19. The van der Waals surface area contributed by atoms with E-state index in [2.05, 4.69) is 5.32 Å². The number of hydrogen-bond acceptors (Lipinski definition) is 3. The Morgan fingerprint density at radius 2 is 2.08 bits per heavy atom. The molecule has 1 aliphatic heterocycles. The predicted molar refractivity (Wildman–Crippen MR) is 106 cm³/mol. The lowest BCUT2D eigenvalue weighted by Crippen LogP contribution is -2.31. The van der Waals surface area contributed by atoms with Gasteiger partial charge in [0.2, 0.25) is 0 Å². The van der Waals surface area contributed by atoms with E-state index in [1.54, 1.807) is 12.1 Å². The summed E-state index contributed by atoms with van der Waals surface area (Å²) in [5, 5.41) is 4.47. The SMILES string of the molecule is S=C(NC[C@@H]1CCCO1)c1ccccc1OCc1ccc(Cl)cc1Cl. The second kappa shape index (κ2) is 8.86. The van der Waals surface area contributed by atoms with E-state index in [-0.39, 0.29) is 6.10 Å². The van der Waals surface area contributed by atoms with E-state index in [1.165, 1.54) is 0 Å². The number of ether oxygens (including phenoxy) is 2. The molecule has 132 valence electrons. The van der Waals surface area contributed by atoms with Crippen molar-refractivity contribution in [3.05, 3.63) is 63.6 Å². The zero-order valence-electron chi connectivity index (χ0n) is 13.6. The van der Waals surface area contributed by atoms with Crippen LogP contribution in [0.5, 0.6) is 5.75 Å². The van der Waals surface area contributed by atoms with Gasteiger partial charge in [-0.3, -0.25) is 0 Å². The Bertz CT molecular complexity index is 748. The molecule has 6 heteroatoms. The number of thiocarbonyl (C=S) groups is 1. The van der Waals surface area contributed by atoms with E-state index in [0.717, 1.165) is 42.9 Å². The van der Waals surface area contributed by atoms with Crippen molar-refractivity contribution in [3.63, 3.8) is 0 Å². The Kier molecular flexibility index (Phi) is 6.54. The summed E-state index contributed by atoms with van der Waals surface area (Å²) in [7, 11) is 0. The zero-order chi connectivity index (χ0) is 17.6. The van der Waals surface area contributed by atoms with Gasteiger partial charge in [0.05, 0.1) is 11.7 Å². The molecular formula is C19H19Cl2NO2S.